The van der Waals surface area contributed by atoms with Gasteiger partial charge in [-0.25, -0.2) is 0 Å². The smallest absolute Gasteiger partial charge is 0.312 e. The number of aromatic amines is 1. The van der Waals surface area contributed by atoms with Crippen LogP contribution in [-0.4, -0.2) is 47.8 Å². The van der Waals surface area contributed by atoms with E-state index in [2.05, 4.69) is 20.8 Å². The number of aromatic nitrogens is 2. The third kappa shape index (κ3) is 2.54. The number of benzene rings is 1. The number of esters is 1. The van der Waals surface area contributed by atoms with Crippen LogP contribution >= 0.6 is 0 Å². The van der Waals surface area contributed by atoms with E-state index in [4.69, 9.17) is 4.74 Å². The molecule has 3 N–H and O–H groups in total. The summed E-state index contributed by atoms with van der Waals surface area (Å²) in [5.74, 6) is -0.372. The van der Waals surface area contributed by atoms with Gasteiger partial charge in [0.1, 0.15) is 6.10 Å². The van der Waals surface area contributed by atoms with Crippen LogP contribution in [0.25, 0.3) is 10.9 Å². The molecule has 1 atom stereocenters. The van der Waals surface area contributed by atoms with Gasteiger partial charge < -0.3 is 15.4 Å². The molecule has 2 aromatic rings. The lowest BCUT2D eigenvalue weighted by molar-refractivity contribution is -0.149. The van der Waals surface area contributed by atoms with E-state index in [0.717, 1.165) is 36.8 Å². The summed E-state index contributed by atoms with van der Waals surface area (Å²) in [7, 11) is 0. The number of fused-ring (bicyclic) bond motifs is 1. The number of hydrogen-bond donors (Lipinski definition) is 3. The molecule has 1 aromatic carbocycles. The minimum absolute atomic E-state index is 0.117. The number of carbonyl (C=O) groups is 2. The lowest BCUT2D eigenvalue weighted by atomic mass is 9.76. The predicted octanol–water partition coefficient (Wildman–Crippen LogP) is 0.978. The quantitative estimate of drug-likeness (QED) is 0.730. The van der Waals surface area contributed by atoms with Gasteiger partial charge in [-0.05, 0) is 32.0 Å². The minimum Gasteiger partial charge on any atom is -0.460 e. The highest BCUT2D eigenvalue weighted by molar-refractivity contribution is 6.04. The SMILES string of the molecule is O=C(NCC1CC2(CCNCC2)C(=O)O1)c1n[nH]c2ccccc12. The van der Waals surface area contributed by atoms with Crippen molar-refractivity contribution in [2.45, 2.75) is 25.4 Å². The number of ether oxygens (including phenoxy) is 1. The molecule has 1 amide bonds. The van der Waals surface area contributed by atoms with Gasteiger partial charge in [0.25, 0.3) is 5.91 Å². The van der Waals surface area contributed by atoms with Crippen molar-refractivity contribution in [2.24, 2.45) is 5.41 Å². The summed E-state index contributed by atoms with van der Waals surface area (Å²) in [5, 5.41) is 13.8. The van der Waals surface area contributed by atoms with Gasteiger partial charge in [-0.2, -0.15) is 5.10 Å². The van der Waals surface area contributed by atoms with E-state index in [1.165, 1.54) is 0 Å². The maximum atomic E-state index is 12.4. The molecule has 126 valence electrons. The van der Waals surface area contributed by atoms with Crippen LogP contribution in [-0.2, 0) is 9.53 Å². The Morgan fingerprint density at radius 2 is 2.12 bits per heavy atom. The maximum absolute atomic E-state index is 12.4. The standard InChI is InChI=1S/C17H20N4O3/c22-15(14-12-3-1-2-4-13(12)20-21-14)19-10-11-9-17(16(23)24-11)5-7-18-8-6-17/h1-4,11,18H,5-10H2,(H,19,22)(H,20,21). The fourth-order valence-electron chi connectivity index (χ4n) is 3.69. The Bertz CT molecular complexity index is 779. The average molecular weight is 328 g/mol. The highest BCUT2D eigenvalue weighted by Crippen LogP contribution is 2.41. The van der Waals surface area contributed by atoms with E-state index >= 15 is 0 Å². The van der Waals surface area contributed by atoms with Crippen molar-refractivity contribution in [2.75, 3.05) is 19.6 Å². The van der Waals surface area contributed by atoms with E-state index < -0.39 is 0 Å². The van der Waals surface area contributed by atoms with Crippen molar-refractivity contribution >= 4 is 22.8 Å². The number of nitrogens with one attached hydrogen (secondary N) is 3. The molecule has 2 fully saturated rings. The van der Waals surface area contributed by atoms with Crippen LogP contribution in [0.15, 0.2) is 24.3 Å². The van der Waals surface area contributed by atoms with Crippen molar-refractivity contribution in [3.63, 3.8) is 0 Å². The van der Waals surface area contributed by atoms with Crippen LogP contribution in [0, 0.1) is 5.41 Å². The molecule has 0 radical (unpaired) electrons. The summed E-state index contributed by atoms with van der Waals surface area (Å²) in [4.78, 5) is 24.6. The van der Waals surface area contributed by atoms with Crippen molar-refractivity contribution in [1.29, 1.82) is 0 Å². The average Bonchev–Trinajstić information content (AvgIpc) is 3.16. The molecule has 7 nitrogen and oxygen atoms in total. The highest BCUT2D eigenvalue weighted by atomic mass is 16.6. The predicted molar refractivity (Wildman–Crippen MR) is 87.5 cm³/mol. The lowest BCUT2D eigenvalue weighted by Gasteiger charge is -2.29. The Morgan fingerprint density at radius 3 is 2.96 bits per heavy atom. The van der Waals surface area contributed by atoms with Crippen LogP contribution in [0.2, 0.25) is 0 Å². The molecule has 2 aliphatic heterocycles. The molecule has 1 unspecified atom stereocenters. The van der Waals surface area contributed by atoms with Crippen molar-refractivity contribution in [1.82, 2.24) is 20.8 Å². The maximum Gasteiger partial charge on any atom is 0.312 e. The molecule has 3 heterocycles. The summed E-state index contributed by atoms with van der Waals surface area (Å²) in [5.41, 5.74) is 0.828. The molecule has 0 saturated carbocycles. The first-order valence-electron chi connectivity index (χ1n) is 8.31. The first-order chi connectivity index (χ1) is 11.7. The Labute approximate surface area is 139 Å². The van der Waals surface area contributed by atoms with Gasteiger partial charge in [-0.1, -0.05) is 18.2 Å². The first kappa shape index (κ1) is 15.1. The Kier molecular flexibility index (Phi) is 3.72. The molecule has 2 saturated heterocycles. The van der Waals surface area contributed by atoms with E-state index in [-0.39, 0.29) is 23.4 Å². The number of H-pyrrole nitrogens is 1. The van der Waals surface area contributed by atoms with Crippen LogP contribution < -0.4 is 10.6 Å². The fraction of sp³-hybridized carbons (Fsp3) is 0.471. The van der Waals surface area contributed by atoms with Crippen LogP contribution in [0.1, 0.15) is 29.8 Å². The van der Waals surface area contributed by atoms with Gasteiger partial charge in [0.2, 0.25) is 0 Å². The van der Waals surface area contributed by atoms with Gasteiger partial charge in [0.15, 0.2) is 5.69 Å². The van der Waals surface area contributed by atoms with E-state index in [9.17, 15) is 9.59 Å². The van der Waals surface area contributed by atoms with Crippen molar-refractivity contribution in [3.05, 3.63) is 30.0 Å². The number of hydrogen-bond acceptors (Lipinski definition) is 5. The zero-order valence-corrected chi connectivity index (χ0v) is 13.3. The zero-order valence-electron chi connectivity index (χ0n) is 13.3. The zero-order chi connectivity index (χ0) is 16.6. The molecule has 7 heteroatoms. The van der Waals surface area contributed by atoms with E-state index in [0.29, 0.717) is 18.7 Å². The van der Waals surface area contributed by atoms with Gasteiger partial charge >= 0.3 is 5.97 Å². The van der Waals surface area contributed by atoms with Crippen molar-refractivity contribution < 1.29 is 14.3 Å². The normalized spacial score (nSPS) is 22.7. The molecule has 0 bridgehead atoms. The Morgan fingerprint density at radius 1 is 1.33 bits per heavy atom. The van der Waals surface area contributed by atoms with Gasteiger partial charge in [0.05, 0.1) is 17.5 Å². The third-order valence-electron chi connectivity index (χ3n) is 5.06. The molecular weight excluding hydrogens is 308 g/mol. The van der Waals surface area contributed by atoms with Crippen LogP contribution in [0.4, 0.5) is 0 Å². The molecule has 4 rings (SSSR count). The molecular formula is C17H20N4O3. The second-order valence-corrected chi connectivity index (χ2v) is 6.59. The number of cyclic esters (lactones) is 1. The van der Waals surface area contributed by atoms with E-state index in [1.807, 2.05) is 24.3 Å². The third-order valence-corrected chi connectivity index (χ3v) is 5.06. The number of nitrogens with zero attached hydrogens (tertiary/aromatic N) is 1. The molecule has 2 aliphatic rings. The Balaban J connectivity index is 1.40. The van der Waals surface area contributed by atoms with Crippen molar-refractivity contribution in [3.8, 4) is 0 Å². The number of rotatable bonds is 3. The Hall–Kier alpha value is -2.41. The summed E-state index contributed by atoms with van der Waals surface area (Å²) < 4.78 is 5.50. The lowest BCUT2D eigenvalue weighted by Crippen LogP contribution is -2.39. The van der Waals surface area contributed by atoms with Crippen LogP contribution in [0.5, 0.6) is 0 Å². The number of amides is 1. The second-order valence-electron chi connectivity index (χ2n) is 6.59. The topological polar surface area (TPSA) is 96.1 Å². The summed E-state index contributed by atoms with van der Waals surface area (Å²) in [6.45, 7) is 2.00. The summed E-state index contributed by atoms with van der Waals surface area (Å²) >= 11 is 0. The minimum atomic E-state index is -0.361. The number of para-hydroxylation sites is 1. The van der Waals surface area contributed by atoms with Gasteiger partial charge in [-0.3, -0.25) is 14.7 Å². The molecule has 1 aromatic heterocycles. The molecule has 1 spiro atoms. The van der Waals surface area contributed by atoms with Crippen LogP contribution in [0.3, 0.4) is 0 Å². The second kappa shape index (κ2) is 5.90. The summed E-state index contributed by atoms with van der Waals surface area (Å²) in [6.07, 6.45) is 2.03. The first-order valence-corrected chi connectivity index (χ1v) is 8.31. The molecule has 24 heavy (non-hydrogen) atoms. The number of carbonyl (C=O) groups excluding carboxylic acids is 2. The monoisotopic (exact) mass is 328 g/mol. The highest BCUT2D eigenvalue weighted by Gasteiger charge is 2.49. The van der Waals surface area contributed by atoms with Gasteiger partial charge in [0, 0.05) is 11.8 Å². The fourth-order valence-corrected chi connectivity index (χ4v) is 3.69. The number of piperidine rings is 1. The van der Waals surface area contributed by atoms with E-state index in [1.54, 1.807) is 0 Å². The summed E-state index contributed by atoms with van der Waals surface area (Å²) in [6, 6.07) is 7.49. The largest absolute Gasteiger partial charge is 0.460 e. The van der Waals surface area contributed by atoms with Gasteiger partial charge in [-0.15, -0.1) is 0 Å². The molecule has 0 aliphatic carbocycles.